The molecule has 0 bridgehead atoms. The Morgan fingerprint density at radius 1 is 1.43 bits per heavy atom. The zero-order valence-corrected chi connectivity index (χ0v) is 13.7. The fourth-order valence-corrected chi connectivity index (χ4v) is 4.88. The molecule has 0 unspecified atom stereocenters. The smallest absolute Gasteiger partial charge is 0.320 e. The van der Waals surface area contributed by atoms with E-state index in [1.165, 1.54) is 19.3 Å². The number of carbonyl (C=O) groups is 1. The third-order valence-corrected chi connectivity index (χ3v) is 6.04. The lowest BCUT2D eigenvalue weighted by atomic mass is 9.85. The van der Waals surface area contributed by atoms with E-state index in [1.807, 2.05) is 17.5 Å². The van der Waals surface area contributed by atoms with Crippen LogP contribution in [0.4, 0.5) is 0 Å². The summed E-state index contributed by atoms with van der Waals surface area (Å²) in [6, 6.07) is 3.79. The number of carboxylic acid groups (broad SMARTS) is 1. The zero-order valence-electron chi connectivity index (χ0n) is 12.9. The first-order chi connectivity index (χ1) is 11.2. The molecule has 0 spiro atoms. The highest BCUT2D eigenvalue weighted by atomic mass is 32.1. The van der Waals surface area contributed by atoms with E-state index in [2.05, 4.69) is 9.88 Å². The van der Waals surface area contributed by atoms with Gasteiger partial charge in [0.1, 0.15) is 6.04 Å². The van der Waals surface area contributed by atoms with E-state index in [9.17, 15) is 9.90 Å². The summed E-state index contributed by atoms with van der Waals surface area (Å²) < 4.78 is 5.39. The van der Waals surface area contributed by atoms with Crippen LogP contribution in [0.3, 0.4) is 0 Å². The maximum atomic E-state index is 11.7. The lowest BCUT2D eigenvalue weighted by molar-refractivity contribution is -0.142. The van der Waals surface area contributed by atoms with Gasteiger partial charge in [0.25, 0.3) is 0 Å². The van der Waals surface area contributed by atoms with Crippen molar-refractivity contribution in [2.45, 2.75) is 50.7 Å². The molecule has 1 N–H and O–H groups in total. The molecule has 2 aliphatic rings. The zero-order chi connectivity index (χ0) is 15.8. The van der Waals surface area contributed by atoms with Crippen molar-refractivity contribution in [1.82, 2.24) is 9.88 Å². The molecule has 3 heterocycles. The van der Waals surface area contributed by atoms with E-state index in [1.54, 1.807) is 17.6 Å². The Balaban J connectivity index is 1.55. The average Bonchev–Trinajstić information content (AvgIpc) is 3.26. The monoisotopic (exact) mass is 332 g/mol. The van der Waals surface area contributed by atoms with Gasteiger partial charge in [0.05, 0.1) is 12.0 Å². The first kappa shape index (κ1) is 14.9. The topological polar surface area (TPSA) is 66.6 Å². The highest BCUT2D eigenvalue weighted by Crippen LogP contribution is 2.40. The largest absolute Gasteiger partial charge is 0.480 e. The molecule has 0 aromatic carbocycles. The molecule has 122 valence electrons. The second-order valence-electron chi connectivity index (χ2n) is 6.50. The number of rotatable bonds is 4. The highest BCUT2D eigenvalue weighted by molar-refractivity contribution is 7.13. The number of hydrogen-bond donors (Lipinski definition) is 1. The Kier molecular flexibility index (Phi) is 3.95. The molecule has 1 aliphatic heterocycles. The van der Waals surface area contributed by atoms with Gasteiger partial charge >= 0.3 is 5.97 Å². The first-order valence-electron chi connectivity index (χ1n) is 8.19. The quantitative estimate of drug-likeness (QED) is 0.926. The molecule has 1 saturated carbocycles. The molecule has 23 heavy (non-hydrogen) atoms. The highest BCUT2D eigenvalue weighted by Gasteiger charge is 2.45. The number of nitrogens with zero attached hydrogens (tertiary/aromatic N) is 2. The van der Waals surface area contributed by atoms with E-state index < -0.39 is 5.97 Å². The van der Waals surface area contributed by atoms with E-state index in [0.29, 0.717) is 18.5 Å². The Morgan fingerprint density at radius 2 is 2.30 bits per heavy atom. The van der Waals surface area contributed by atoms with Crippen LogP contribution in [0.2, 0.25) is 0 Å². The van der Waals surface area contributed by atoms with Crippen molar-refractivity contribution in [3.63, 3.8) is 0 Å². The molecule has 3 atom stereocenters. The van der Waals surface area contributed by atoms with Crippen molar-refractivity contribution in [3.05, 3.63) is 29.5 Å². The van der Waals surface area contributed by atoms with Crippen LogP contribution >= 0.6 is 11.3 Å². The number of aliphatic carboxylic acids is 1. The maximum Gasteiger partial charge on any atom is 0.320 e. The fraction of sp³-hybridized carbons (Fsp3) is 0.529. The van der Waals surface area contributed by atoms with E-state index >= 15 is 0 Å². The molecule has 0 amide bonds. The van der Waals surface area contributed by atoms with Crippen LogP contribution in [0.15, 0.2) is 28.2 Å². The second kappa shape index (κ2) is 6.09. The number of thiazole rings is 1. The van der Waals surface area contributed by atoms with Crippen LogP contribution in [-0.2, 0) is 11.3 Å². The minimum absolute atomic E-state index is 0.364. The molecule has 5 nitrogen and oxygen atoms in total. The average molecular weight is 332 g/mol. The predicted molar refractivity (Wildman–Crippen MR) is 87.1 cm³/mol. The van der Waals surface area contributed by atoms with Gasteiger partial charge < -0.3 is 9.52 Å². The van der Waals surface area contributed by atoms with Crippen molar-refractivity contribution in [1.29, 1.82) is 0 Å². The van der Waals surface area contributed by atoms with Crippen LogP contribution in [-0.4, -0.2) is 33.0 Å². The van der Waals surface area contributed by atoms with Gasteiger partial charge in [-0.05, 0) is 37.3 Å². The Hall–Kier alpha value is -1.66. The minimum atomic E-state index is -0.694. The summed E-state index contributed by atoms with van der Waals surface area (Å²) in [5.41, 5.74) is 0.943. The van der Waals surface area contributed by atoms with E-state index in [-0.39, 0.29) is 6.04 Å². The number of aromatic nitrogens is 1. The summed E-state index contributed by atoms with van der Waals surface area (Å²) in [6.45, 7) is 0.620. The number of fused-ring (bicyclic) bond motifs is 1. The van der Waals surface area contributed by atoms with Crippen molar-refractivity contribution in [3.8, 4) is 10.8 Å². The van der Waals surface area contributed by atoms with Gasteiger partial charge in [-0.25, -0.2) is 4.98 Å². The van der Waals surface area contributed by atoms with E-state index in [0.717, 1.165) is 29.3 Å². The maximum absolute atomic E-state index is 11.7. The van der Waals surface area contributed by atoms with Crippen LogP contribution in [0.1, 0.15) is 37.8 Å². The molecule has 2 aromatic rings. The van der Waals surface area contributed by atoms with Gasteiger partial charge in [-0.1, -0.05) is 12.8 Å². The first-order valence-corrected chi connectivity index (χ1v) is 9.07. The van der Waals surface area contributed by atoms with Crippen molar-refractivity contribution < 1.29 is 14.3 Å². The van der Waals surface area contributed by atoms with Crippen LogP contribution < -0.4 is 0 Å². The molecule has 1 aliphatic carbocycles. The number of likely N-dealkylation sites (tertiary alicyclic amines) is 1. The van der Waals surface area contributed by atoms with Crippen LogP contribution in [0.25, 0.3) is 10.8 Å². The Bertz CT molecular complexity index is 682. The summed E-state index contributed by atoms with van der Waals surface area (Å²) in [5.74, 6) is 0.613. The number of furan rings is 1. The fourth-order valence-electron chi connectivity index (χ4n) is 4.10. The van der Waals surface area contributed by atoms with Gasteiger partial charge in [-0.3, -0.25) is 9.69 Å². The van der Waals surface area contributed by atoms with Gasteiger partial charge in [0, 0.05) is 18.0 Å². The summed E-state index contributed by atoms with van der Waals surface area (Å²) in [4.78, 5) is 18.5. The van der Waals surface area contributed by atoms with Crippen LogP contribution in [0.5, 0.6) is 0 Å². The van der Waals surface area contributed by atoms with Crippen LogP contribution in [0, 0.1) is 5.92 Å². The van der Waals surface area contributed by atoms with E-state index in [4.69, 9.17) is 4.42 Å². The Morgan fingerprint density at radius 3 is 3.09 bits per heavy atom. The summed E-state index contributed by atoms with van der Waals surface area (Å²) in [6.07, 6.45) is 7.15. The van der Waals surface area contributed by atoms with Gasteiger partial charge in [0.2, 0.25) is 0 Å². The molecule has 4 rings (SSSR count). The summed E-state index contributed by atoms with van der Waals surface area (Å²) in [7, 11) is 0. The standard InChI is InChI=1S/C17H20N2O3S/c20-17(21)14-8-11-4-1-2-5-13(11)19(14)9-12-10-23-16(18-12)15-6-3-7-22-15/h3,6-7,10-11,13-14H,1-2,4-5,8-9H2,(H,20,21)/t11-,13+,14+/m1/s1. The predicted octanol–water partition coefficient (Wildman–Crippen LogP) is 3.62. The lowest BCUT2D eigenvalue weighted by Gasteiger charge is -2.32. The summed E-state index contributed by atoms with van der Waals surface area (Å²) in [5, 5.41) is 12.5. The van der Waals surface area contributed by atoms with Gasteiger partial charge in [-0.15, -0.1) is 11.3 Å². The molecule has 1 saturated heterocycles. The van der Waals surface area contributed by atoms with Gasteiger partial charge in [0.15, 0.2) is 10.8 Å². The summed E-state index contributed by atoms with van der Waals surface area (Å²) >= 11 is 1.55. The van der Waals surface area contributed by atoms with Crippen molar-refractivity contribution in [2.24, 2.45) is 5.92 Å². The number of hydrogen-bond acceptors (Lipinski definition) is 5. The normalized spacial score (nSPS) is 27.9. The lowest BCUT2D eigenvalue weighted by Crippen LogP contribution is -2.41. The molecular formula is C17H20N2O3S. The molecule has 0 radical (unpaired) electrons. The molecular weight excluding hydrogens is 312 g/mol. The third kappa shape index (κ3) is 2.81. The SMILES string of the molecule is O=C(O)[C@@H]1C[C@H]2CCCC[C@@H]2N1Cc1csc(-c2ccco2)n1. The van der Waals surface area contributed by atoms with Crippen molar-refractivity contribution >= 4 is 17.3 Å². The number of carboxylic acids is 1. The minimum Gasteiger partial charge on any atom is -0.480 e. The molecule has 2 aromatic heterocycles. The Labute approximate surface area is 138 Å². The molecule has 2 fully saturated rings. The van der Waals surface area contributed by atoms with Crippen molar-refractivity contribution in [2.75, 3.05) is 0 Å². The second-order valence-corrected chi connectivity index (χ2v) is 7.35. The van der Waals surface area contributed by atoms with Gasteiger partial charge in [-0.2, -0.15) is 0 Å². The molecule has 6 heteroatoms. The third-order valence-electron chi connectivity index (χ3n) is 5.13.